The number of benzene rings is 4. The van der Waals surface area contributed by atoms with Crippen molar-refractivity contribution < 1.29 is 18.0 Å². The Kier molecular flexibility index (Phi) is 11.5. The van der Waals surface area contributed by atoms with E-state index in [1.165, 1.54) is 23.1 Å². The second-order valence-corrected chi connectivity index (χ2v) is 14.8. The largest absolute Gasteiger partial charge is 0.352 e. The Morgan fingerprint density at radius 2 is 1.49 bits per heavy atom. The number of rotatable bonds is 12. The van der Waals surface area contributed by atoms with Crippen molar-refractivity contribution in [1.82, 2.24) is 10.2 Å². The van der Waals surface area contributed by atoms with Crippen LogP contribution >= 0.6 is 34.8 Å². The van der Waals surface area contributed by atoms with Gasteiger partial charge in [0.1, 0.15) is 12.6 Å². The summed E-state index contributed by atoms with van der Waals surface area (Å²) in [5.74, 6) is -0.872. The lowest BCUT2D eigenvalue weighted by atomic mass is 10.0. The quantitative estimate of drug-likeness (QED) is 0.162. The number of nitrogens with zero attached hydrogens (tertiary/aromatic N) is 2. The normalized spacial score (nSPS) is 14.0. The van der Waals surface area contributed by atoms with Crippen LogP contribution < -0.4 is 9.62 Å². The maximum Gasteiger partial charge on any atom is 0.264 e. The van der Waals surface area contributed by atoms with E-state index in [-0.39, 0.29) is 35.5 Å². The molecule has 0 bridgehead atoms. The summed E-state index contributed by atoms with van der Waals surface area (Å²) in [6.07, 6.45) is 3.98. The van der Waals surface area contributed by atoms with E-state index < -0.39 is 28.5 Å². The summed E-state index contributed by atoms with van der Waals surface area (Å²) in [4.78, 5) is 30.3. The molecule has 1 N–H and O–H groups in total. The Hall–Kier alpha value is -3.56. The highest BCUT2D eigenvalue weighted by atomic mass is 35.5. The zero-order valence-corrected chi connectivity index (χ0v) is 29.0. The molecule has 0 saturated heterocycles. The first-order valence-corrected chi connectivity index (χ1v) is 18.0. The van der Waals surface area contributed by atoms with Crippen molar-refractivity contribution in [3.05, 3.63) is 129 Å². The molecule has 7 nitrogen and oxygen atoms in total. The van der Waals surface area contributed by atoms with Crippen molar-refractivity contribution in [3.8, 4) is 0 Å². The molecular formula is C36H36Cl3N3O4S. The van der Waals surface area contributed by atoms with Gasteiger partial charge in [0.25, 0.3) is 10.0 Å². The third-order valence-corrected chi connectivity index (χ3v) is 11.1. The van der Waals surface area contributed by atoms with Crippen LogP contribution in [0, 0.1) is 6.92 Å². The van der Waals surface area contributed by atoms with Gasteiger partial charge in [0.2, 0.25) is 11.8 Å². The third-order valence-electron chi connectivity index (χ3n) is 8.36. The summed E-state index contributed by atoms with van der Waals surface area (Å²) >= 11 is 18.9. The van der Waals surface area contributed by atoms with Crippen LogP contribution in [0.4, 0.5) is 5.69 Å². The van der Waals surface area contributed by atoms with Crippen LogP contribution in [0.1, 0.15) is 42.4 Å². The summed E-state index contributed by atoms with van der Waals surface area (Å²) < 4.78 is 29.5. The highest BCUT2D eigenvalue weighted by Gasteiger charge is 2.36. The number of hydrogen-bond acceptors (Lipinski definition) is 4. The van der Waals surface area contributed by atoms with E-state index in [0.717, 1.165) is 35.6 Å². The lowest BCUT2D eigenvalue weighted by Crippen LogP contribution is -2.54. The van der Waals surface area contributed by atoms with E-state index in [0.29, 0.717) is 26.2 Å². The highest BCUT2D eigenvalue weighted by Crippen LogP contribution is 2.31. The smallest absolute Gasteiger partial charge is 0.264 e. The van der Waals surface area contributed by atoms with Crippen LogP contribution in [0.25, 0.3) is 0 Å². The molecule has 5 rings (SSSR count). The SMILES string of the molecule is Cc1ccc(Cl)cc1N(CC(=O)N(Cc1ccc(Cl)c(Cl)c1)[C@@H](Cc1ccccc1)C(=O)NC1CCCC1)S(=O)(=O)c1ccccc1. The monoisotopic (exact) mass is 711 g/mol. The number of halogens is 3. The minimum atomic E-state index is -4.24. The Bertz CT molecular complexity index is 1820. The lowest BCUT2D eigenvalue weighted by molar-refractivity contribution is -0.140. The van der Waals surface area contributed by atoms with E-state index in [9.17, 15) is 18.0 Å². The summed E-state index contributed by atoms with van der Waals surface area (Å²) in [5, 5.41) is 4.14. The third kappa shape index (κ3) is 8.68. The molecule has 0 unspecified atom stereocenters. The van der Waals surface area contributed by atoms with Gasteiger partial charge in [0.05, 0.1) is 20.6 Å². The van der Waals surface area contributed by atoms with Crippen LogP contribution in [-0.2, 0) is 32.6 Å². The van der Waals surface area contributed by atoms with Crippen molar-refractivity contribution in [1.29, 1.82) is 0 Å². The molecule has 0 spiro atoms. The topological polar surface area (TPSA) is 86.8 Å². The van der Waals surface area contributed by atoms with Crippen molar-refractivity contribution in [3.63, 3.8) is 0 Å². The molecule has 2 amide bonds. The van der Waals surface area contributed by atoms with Crippen LogP contribution in [0.15, 0.2) is 102 Å². The fourth-order valence-corrected chi connectivity index (χ4v) is 7.82. The fourth-order valence-electron chi connectivity index (χ4n) is 5.84. The second-order valence-electron chi connectivity index (χ2n) is 11.7. The fraction of sp³-hybridized carbons (Fsp3) is 0.278. The van der Waals surface area contributed by atoms with Crippen LogP contribution in [0.5, 0.6) is 0 Å². The van der Waals surface area contributed by atoms with Crippen LogP contribution in [0.2, 0.25) is 15.1 Å². The molecule has 1 atom stereocenters. The van der Waals surface area contributed by atoms with E-state index >= 15 is 0 Å². The number of carbonyl (C=O) groups is 2. The first-order valence-electron chi connectivity index (χ1n) is 15.4. The molecule has 4 aromatic rings. The molecule has 1 saturated carbocycles. The predicted molar refractivity (Wildman–Crippen MR) is 189 cm³/mol. The minimum absolute atomic E-state index is 0.00627. The van der Waals surface area contributed by atoms with Gasteiger partial charge in [-0.2, -0.15) is 0 Å². The molecule has 4 aromatic carbocycles. The number of anilines is 1. The average molecular weight is 713 g/mol. The van der Waals surface area contributed by atoms with Crippen LogP contribution in [-0.4, -0.2) is 43.8 Å². The molecule has 0 aliphatic heterocycles. The maximum absolute atomic E-state index is 14.7. The van der Waals surface area contributed by atoms with Gasteiger partial charge in [-0.1, -0.05) is 108 Å². The van der Waals surface area contributed by atoms with Gasteiger partial charge in [-0.25, -0.2) is 8.42 Å². The molecule has 0 radical (unpaired) electrons. The van der Waals surface area contributed by atoms with Gasteiger partial charge in [-0.05, 0) is 72.9 Å². The van der Waals surface area contributed by atoms with Crippen molar-refractivity contribution >= 4 is 62.3 Å². The predicted octanol–water partition coefficient (Wildman–Crippen LogP) is 7.85. The molecule has 47 heavy (non-hydrogen) atoms. The van der Waals surface area contributed by atoms with Crippen molar-refractivity contribution in [2.24, 2.45) is 0 Å². The number of carbonyl (C=O) groups excluding carboxylic acids is 2. The zero-order chi connectivity index (χ0) is 33.6. The summed E-state index contributed by atoms with van der Waals surface area (Å²) in [7, 11) is -4.24. The van der Waals surface area contributed by atoms with Crippen LogP contribution in [0.3, 0.4) is 0 Å². The molecule has 1 aliphatic carbocycles. The number of sulfonamides is 1. The van der Waals surface area contributed by atoms with E-state index in [1.54, 1.807) is 55.5 Å². The second kappa shape index (κ2) is 15.6. The molecule has 0 heterocycles. The summed E-state index contributed by atoms with van der Waals surface area (Å²) in [6.45, 7) is 1.16. The zero-order valence-electron chi connectivity index (χ0n) is 25.9. The standard InChI is InChI=1S/C36H36Cl3N3O4S/c1-25-16-18-28(37)22-33(25)42(47(45,46)30-14-6-3-7-15-30)24-35(43)41(23-27-17-19-31(38)32(39)20-27)34(21-26-10-4-2-5-11-26)36(44)40-29-12-8-9-13-29/h2-7,10-11,14-20,22,29,34H,8-9,12-13,21,23-24H2,1H3,(H,40,44)/t34-/m0/s1. The highest BCUT2D eigenvalue weighted by molar-refractivity contribution is 7.92. The molecule has 1 fully saturated rings. The van der Waals surface area contributed by atoms with Crippen molar-refractivity contribution in [2.45, 2.75) is 62.6 Å². The van der Waals surface area contributed by atoms with Gasteiger partial charge >= 0.3 is 0 Å². The molecule has 1 aliphatic rings. The Morgan fingerprint density at radius 3 is 2.15 bits per heavy atom. The maximum atomic E-state index is 14.7. The van der Waals surface area contributed by atoms with E-state index in [2.05, 4.69) is 5.32 Å². The summed E-state index contributed by atoms with van der Waals surface area (Å²) in [5.41, 5.74) is 2.36. The van der Waals surface area contributed by atoms with Gasteiger partial charge in [-0.15, -0.1) is 0 Å². The lowest BCUT2D eigenvalue weighted by Gasteiger charge is -2.34. The first-order chi connectivity index (χ1) is 22.5. The number of hydrogen-bond donors (Lipinski definition) is 1. The summed E-state index contributed by atoms with van der Waals surface area (Å²) in [6, 6.07) is 26.3. The number of nitrogens with one attached hydrogen (secondary N) is 1. The average Bonchev–Trinajstić information content (AvgIpc) is 3.58. The minimum Gasteiger partial charge on any atom is -0.352 e. The number of amides is 2. The molecule has 246 valence electrons. The van der Waals surface area contributed by atoms with Crippen molar-refractivity contribution in [2.75, 3.05) is 10.8 Å². The van der Waals surface area contributed by atoms with Gasteiger partial charge in [0.15, 0.2) is 0 Å². The van der Waals surface area contributed by atoms with E-state index in [1.807, 2.05) is 30.3 Å². The Balaban J connectivity index is 1.60. The van der Waals surface area contributed by atoms with Gasteiger partial charge in [0, 0.05) is 24.0 Å². The molecular weight excluding hydrogens is 677 g/mol. The number of aryl methyl sites for hydroxylation is 1. The van der Waals surface area contributed by atoms with E-state index in [4.69, 9.17) is 34.8 Å². The van der Waals surface area contributed by atoms with Gasteiger partial charge < -0.3 is 10.2 Å². The molecule has 0 aromatic heterocycles. The molecule has 11 heteroatoms. The Labute approximate surface area is 291 Å². The first kappa shape index (κ1) is 34.8. The Morgan fingerprint density at radius 1 is 0.830 bits per heavy atom. The van der Waals surface area contributed by atoms with Gasteiger partial charge in [-0.3, -0.25) is 13.9 Å².